The van der Waals surface area contributed by atoms with Crippen molar-refractivity contribution < 1.29 is 18.3 Å². The minimum atomic E-state index is -3.53. The fourth-order valence-corrected chi connectivity index (χ4v) is 4.21. The molecule has 1 atom stereocenters. The SMILES string of the molecule is Cc1[nH]ncc1S(=O)(=O)N1CCCC(CNCC(=O)O)C1. The Morgan fingerprint density at radius 1 is 1.62 bits per heavy atom. The molecule has 3 N–H and O–H groups in total. The quantitative estimate of drug-likeness (QED) is 0.669. The number of carboxylic acid groups (broad SMARTS) is 1. The maximum atomic E-state index is 12.5. The van der Waals surface area contributed by atoms with E-state index < -0.39 is 16.0 Å². The highest BCUT2D eigenvalue weighted by molar-refractivity contribution is 7.89. The molecule has 0 spiro atoms. The molecule has 0 saturated carbocycles. The van der Waals surface area contributed by atoms with Crippen molar-refractivity contribution in [2.45, 2.75) is 24.7 Å². The van der Waals surface area contributed by atoms with Gasteiger partial charge in [0.25, 0.3) is 0 Å². The molecule has 1 aromatic heterocycles. The van der Waals surface area contributed by atoms with Crippen LogP contribution in [-0.2, 0) is 14.8 Å². The van der Waals surface area contributed by atoms with Crippen LogP contribution in [0.5, 0.6) is 0 Å². The lowest BCUT2D eigenvalue weighted by Crippen LogP contribution is -2.43. The van der Waals surface area contributed by atoms with E-state index in [0.29, 0.717) is 25.3 Å². The maximum Gasteiger partial charge on any atom is 0.317 e. The molecule has 1 saturated heterocycles. The van der Waals surface area contributed by atoms with Crippen LogP contribution in [0.15, 0.2) is 11.1 Å². The lowest BCUT2D eigenvalue weighted by molar-refractivity contribution is -0.136. The van der Waals surface area contributed by atoms with Gasteiger partial charge in [0, 0.05) is 13.1 Å². The first kappa shape index (κ1) is 15.9. The van der Waals surface area contributed by atoms with Crippen molar-refractivity contribution in [2.75, 3.05) is 26.2 Å². The number of carbonyl (C=O) groups is 1. The van der Waals surface area contributed by atoms with E-state index in [4.69, 9.17) is 5.11 Å². The Balaban J connectivity index is 2.00. The number of piperidine rings is 1. The lowest BCUT2D eigenvalue weighted by Gasteiger charge is -2.31. The van der Waals surface area contributed by atoms with E-state index in [0.717, 1.165) is 12.8 Å². The third-order valence-electron chi connectivity index (χ3n) is 3.59. The highest BCUT2D eigenvalue weighted by Gasteiger charge is 2.31. The van der Waals surface area contributed by atoms with Crippen LogP contribution in [0.25, 0.3) is 0 Å². The van der Waals surface area contributed by atoms with Crippen LogP contribution in [0.3, 0.4) is 0 Å². The molecule has 9 heteroatoms. The van der Waals surface area contributed by atoms with Gasteiger partial charge in [0.05, 0.1) is 18.4 Å². The van der Waals surface area contributed by atoms with Gasteiger partial charge in [-0.1, -0.05) is 0 Å². The number of aromatic nitrogens is 2. The number of hydrogen-bond donors (Lipinski definition) is 3. The zero-order valence-electron chi connectivity index (χ0n) is 11.9. The third kappa shape index (κ3) is 3.80. The van der Waals surface area contributed by atoms with E-state index in [2.05, 4.69) is 15.5 Å². The summed E-state index contributed by atoms with van der Waals surface area (Å²) in [5.41, 5.74) is 0.529. The number of rotatable bonds is 6. The zero-order chi connectivity index (χ0) is 15.5. The topological polar surface area (TPSA) is 115 Å². The van der Waals surface area contributed by atoms with Gasteiger partial charge < -0.3 is 10.4 Å². The van der Waals surface area contributed by atoms with E-state index >= 15 is 0 Å². The third-order valence-corrected chi connectivity index (χ3v) is 5.57. The van der Waals surface area contributed by atoms with Crippen LogP contribution < -0.4 is 5.32 Å². The van der Waals surface area contributed by atoms with Crippen molar-refractivity contribution in [3.63, 3.8) is 0 Å². The van der Waals surface area contributed by atoms with Gasteiger partial charge >= 0.3 is 5.97 Å². The van der Waals surface area contributed by atoms with Crippen molar-refractivity contribution in [3.8, 4) is 0 Å². The minimum Gasteiger partial charge on any atom is -0.480 e. The molecule has 0 bridgehead atoms. The van der Waals surface area contributed by atoms with Gasteiger partial charge in [0.15, 0.2) is 0 Å². The molecule has 1 aromatic rings. The summed E-state index contributed by atoms with van der Waals surface area (Å²) in [5, 5.41) is 17.8. The first-order valence-corrected chi connectivity index (χ1v) is 8.28. The number of H-pyrrole nitrogens is 1. The van der Waals surface area contributed by atoms with Crippen LogP contribution in [0.2, 0.25) is 0 Å². The molecule has 0 aromatic carbocycles. The Morgan fingerprint density at radius 2 is 2.38 bits per heavy atom. The first-order chi connectivity index (χ1) is 9.91. The molecule has 1 aliphatic rings. The van der Waals surface area contributed by atoms with E-state index in [-0.39, 0.29) is 17.4 Å². The van der Waals surface area contributed by atoms with Gasteiger partial charge in [0.2, 0.25) is 10.0 Å². The molecule has 2 rings (SSSR count). The predicted molar refractivity (Wildman–Crippen MR) is 75.3 cm³/mol. The summed E-state index contributed by atoms with van der Waals surface area (Å²) < 4.78 is 26.6. The van der Waals surface area contributed by atoms with Crippen LogP contribution in [0.1, 0.15) is 18.5 Å². The number of aryl methyl sites for hydroxylation is 1. The molecule has 1 unspecified atom stereocenters. The molecule has 21 heavy (non-hydrogen) atoms. The maximum absolute atomic E-state index is 12.5. The van der Waals surface area contributed by atoms with Crippen molar-refractivity contribution in [1.29, 1.82) is 0 Å². The van der Waals surface area contributed by atoms with Crippen LogP contribution in [0, 0.1) is 12.8 Å². The number of carboxylic acids is 1. The molecule has 0 aliphatic carbocycles. The first-order valence-electron chi connectivity index (χ1n) is 6.84. The monoisotopic (exact) mass is 316 g/mol. The van der Waals surface area contributed by atoms with E-state index in [9.17, 15) is 13.2 Å². The van der Waals surface area contributed by atoms with Gasteiger partial charge in [-0.05, 0) is 32.2 Å². The molecule has 0 amide bonds. The van der Waals surface area contributed by atoms with Gasteiger partial charge in [0.1, 0.15) is 4.90 Å². The summed E-state index contributed by atoms with van der Waals surface area (Å²) in [7, 11) is -3.53. The number of aliphatic carboxylic acids is 1. The Bertz CT molecular complexity index is 598. The number of hydrogen-bond acceptors (Lipinski definition) is 5. The van der Waals surface area contributed by atoms with Gasteiger partial charge in [-0.15, -0.1) is 0 Å². The highest BCUT2D eigenvalue weighted by atomic mass is 32.2. The standard InChI is InChI=1S/C12H20N4O4S/c1-9-11(6-14-15-9)21(19,20)16-4-2-3-10(8-16)5-13-7-12(17)18/h6,10,13H,2-5,7-8H2,1H3,(H,14,15)(H,17,18). The van der Waals surface area contributed by atoms with E-state index in [1.807, 2.05) is 0 Å². The van der Waals surface area contributed by atoms with Crippen molar-refractivity contribution in [3.05, 3.63) is 11.9 Å². The number of nitrogens with one attached hydrogen (secondary N) is 2. The Kier molecular flexibility index (Phi) is 4.96. The molecule has 1 fully saturated rings. The molecule has 2 heterocycles. The average molecular weight is 316 g/mol. The number of aromatic amines is 1. The van der Waals surface area contributed by atoms with Gasteiger partial charge in [-0.2, -0.15) is 9.40 Å². The molecule has 0 radical (unpaired) electrons. The fraction of sp³-hybridized carbons (Fsp3) is 0.667. The highest BCUT2D eigenvalue weighted by Crippen LogP contribution is 2.24. The zero-order valence-corrected chi connectivity index (χ0v) is 12.7. The smallest absolute Gasteiger partial charge is 0.317 e. The van der Waals surface area contributed by atoms with Gasteiger partial charge in [-0.3, -0.25) is 9.89 Å². The minimum absolute atomic E-state index is 0.107. The van der Waals surface area contributed by atoms with Crippen LogP contribution >= 0.6 is 0 Å². The predicted octanol–water partition coefficient (Wildman–Crippen LogP) is -0.207. The molecule has 1 aliphatic heterocycles. The molecule has 8 nitrogen and oxygen atoms in total. The largest absolute Gasteiger partial charge is 0.480 e. The van der Waals surface area contributed by atoms with Crippen molar-refractivity contribution in [1.82, 2.24) is 19.8 Å². The Hall–Kier alpha value is -1.45. The molecular formula is C12H20N4O4S. The second-order valence-corrected chi connectivity index (χ2v) is 7.16. The summed E-state index contributed by atoms with van der Waals surface area (Å²) in [6.45, 7) is 2.96. The normalized spacial score (nSPS) is 20.5. The van der Waals surface area contributed by atoms with E-state index in [1.165, 1.54) is 10.5 Å². The fourth-order valence-electron chi connectivity index (χ4n) is 2.53. The van der Waals surface area contributed by atoms with Crippen LogP contribution in [0.4, 0.5) is 0 Å². The van der Waals surface area contributed by atoms with Gasteiger partial charge in [-0.25, -0.2) is 8.42 Å². The number of nitrogens with zero attached hydrogens (tertiary/aromatic N) is 2. The molecular weight excluding hydrogens is 296 g/mol. The Labute approximate surface area is 123 Å². The van der Waals surface area contributed by atoms with Crippen LogP contribution in [-0.4, -0.2) is 60.2 Å². The summed E-state index contributed by atoms with van der Waals surface area (Å²) in [4.78, 5) is 10.7. The lowest BCUT2D eigenvalue weighted by atomic mass is 10.00. The summed E-state index contributed by atoms with van der Waals surface area (Å²) in [6.07, 6.45) is 3.00. The van der Waals surface area contributed by atoms with E-state index in [1.54, 1.807) is 6.92 Å². The Morgan fingerprint density at radius 3 is 3.00 bits per heavy atom. The van der Waals surface area contributed by atoms with Crippen molar-refractivity contribution in [2.24, 2.45) is 5.92 Å². The average Bonchev–Trinajstić information content (AvgIpc) is 2.86. The summed E-state index contributed by atoms with van der Waals surface area (Å²) in [5.74, 6) is -0.788. The second-order valence-electron chi connectivity index (χ2n) is 5.26. The summed E-state index contributed by atoms with van der Waals surface area (Å²) in [6, 6.07) is 0. The molecule has 118 valence electrons. The number of sulfonamides is 1. The van der Waals surface area contributed by atoms with Crippen molar-refractivity contribution >= 4 is 16.0 Å². The second kappa shape index (κ2) is 6.54. The summed E-state index contributed by atoms with van der Waals surface area (Å²) >= 11 is 0.